The molecule has 0 atom stereocenters. The van der Waals surface area contributed by atoms with Crippen molar-refractivity contribution in [1.29, 1.82) is 0 Å². The summed E-state index contributed by atoms with van der Waals surface area (Å²) in [6.07, 6.45) is 0.347. The van der Waals surface area contributed by atoms with Crippen molar-refractivity contribution < 1.29 is 4.57 Å². The topological polar surface area (TPSA) is 17.1 Å². The molecule has 0 aliphatic carbocycles. The normalized spacial score (nSPS) is 10.7. The van der Waals surface area contributed by atoms with Crippen LogP contribution in [-0.4, -0.2) is 6.16 Å². The van der Waals surface area contributed by atoms with Gasteiger partial charge in [-0.2, -0.15) is 0 Å². The Bertz CT molecular complexity index is 947. The van der Waals surface area contributed by atoms with Gasteiger partial charge in [-0.15, -0.1) is 0 Å². The summed E-state index contributed by atoms with van der Waals surface area (Å²) in [6, 6.07) is 27.3. The van der Waals surface area contributed by atoms with Gasteiger partial charge in [0.15, 0.2) is 0 Å². The average molecular weight is 356 g/mol. The molecule has 3 aromatic carbocycles. The average Bonchev–Trinajstić information content (AvgIpc) is 2.69. The summed E-state index contributed by atoms with van der Waals surface area (Å²) in [5, 5.41) is 1.67. The third-order valence-corrected chi connectivity index (χ3v) is 7.29. The van der Waals surface area contributed by atoms with Crippen molar-refractivity contribution in [3.8, 4) is 11.8 Å². The van der Waals surface area contributed by atoms with Crippen molar-refractivity contribution in [2.45, 2.75) is 6.92 Å². The van der Waals surface area contributed by atoms with Gasteiger partial charge >= 0.3 is 0 Å². The monoisotopic (exact) mass is 356 g/mol. The summed E-state index contributed by atoms with van der Waals surface area (Å²) in [7, 11) is -2.81. The molecule has 0 spiro atoms. The van der Waals surface area contributed by atoms with E-state index in [9.17, 15) is 4.57 Å². The van der Waals surface area contributed by atoms with E-state index in [1.165, 1.54) is 5.56 Å². The van der Waals surface area contributed by atoms with Gasteiger partial charge in [0.1, 0.15) is 7.14 Å². The predicted octanol–water partition coefficient (Wildman–Crippen LogP) is 4.92. The smallest absolute Gasteiger partial charge is 0.148 e. The molecule has 0 heterocycles. The second-order valence-electron chi connectivity index (χ2n) is 6.29. The fraction of sp³-hybridized carbons (Fsp3) is 0.0833. The Morgan fingerprint density at radius 3 is 1.85 bits per heavy atom. The summed E-state index contributed by atoms with van der Waals surface area (Å²) in [5.41, 5.74) is 2.82. The Balaban J connectivity index is 1.91. The van der Waals surface area contributed by atoms with E-state index in [0.29, 0.717) is 11.7 Å². The van der Waals surface area contributed by atoms with Crippen molar-refractivity contribution in [3.63, 3.8) is 0 Å². The van der Waals surface area contributed by atoms with Gasteiger partial charge in [0.2, 0.25) is 0 Å². The number of hydrogen-bond donors (Lipinski definition) is 0. The minimum absolute atomic E-state index is 0.347. The second kappa shape index (κ2) is 8.05. The number of aryl methyl sites for hydroxylation is 1. The lowest BCUT2D eigenvalue weighted by Crippen LogP contribution is -2.18. The molecule has 0 fully saturated rings. The highest BCUT2D eigenvalue weighted by Gasteiger charge is 2.27. The number of rotatable bonds is 4. The van der Waals surface area contributed by atoms with E-state index < -0.39 is 7.14 Å². The maximum absolute atomic E-state index is 14.0. The van der Waals surface area contributed by atoms with E-state index in [4.69, 9.17) is 0 Å². The van der Waals surface area contributed by atoms with Crippen LogP contribution in [0.15, 0.2) is 97.1 Å². The minimum atomic E-state index is -2.81. The van der Waals surface area contributed by atoms with Gasteiger partial charge < -0.3 is 4.57 Å². The van der Waals surface area contributed by atoms with Crippen LogP contribution in [0.3, 0.4) is 0 Å². The molecule has 2 heteroatoms. The van der Waals surface area contributed by atoms with Crippen LogP contribution in [0.1, 0.15) is 11.1 Å². The molecule has 0 saturated heterocycles. The lowest BCUT2D eigenvalue weighted by atomic mass is 10.1. The summed E-state index contributed by atoms with van der Waals surface area (Å²) in [6.45, 7) is 6.13. The van der Waals surface area contributed by atoms with Crippen LogP contribution in [0.2, 0.25) is 0 Å². The molecule has 0 radical (unpaired) electrons. The van der Waals surface area contributed by atoms with Crippen molar-refractivity contribution in [1.82, 2.24) is 0 Å². The first-order chi connectivity index (χ1) is 12.6. The molecule has 0 aliphatic heterocycles. The van der Waals surface area contributed by atoms with E-state index in [0.717, 1.165) is 16.2 Å². The quantitative estimate of drug-likeness (QED) is 0.479. The third kappa shape index (κ3) is 4.23. The van der Waals surface area contributed by atoms with Crippen molar-refractivity contribution >= 4 is 17.8 Å². The molecule has 0 unspecified atom stereocenters. The first-order valence-corrected chi connectivity index (χ1v) is 10.4. The van der Waals surface area contributed by atoms with E-state index in [1.807, 2.05) is 91.9 Å². The van der Waals surface area contributed by atoms with Gasteiger partial charge in [-0.05, 0) is 19.1 Å². The van der Waals surface area contributed by atoms with Crippen molar-refractivity contribution in [3.05, 3.63) is 108 Å². The largest absolute Gasteiger partial charge is 0.313 e. The summed E-state index contributed by atoms with van der Waals surface area (Å²) < 4.78 is 14.0. The van der Waals surface area contributed by atoms with Gasteiger partial charge in [-0.25, -0.2) is 0 Å². The van der Waals surface area contributed by atoms with Crippen LogP contribution in [0, 0.1) is 18.8 Å². The highest BCUT2D eigenvalue weighted by molar-refractivity contribution is 7.78. The van der Waals surface area contributed by atoms with Crippen LogP contribution in [0.4, 0.5) is 0 Å². The molecular formula is C24H21OP. The first kappa shape index (κ1) is 18.0. The Hall–Kier alpha value is -2.81. The van der Waals surface area contributed by atoms with Gasteiger partial charge in [-0.3, -0.25) is 0 Å². The number of hydrogen-bond acceptors (Lipinski definition) is 1. The van der Waals surface area contributed by atoms with Crippen molar-refractivity contribution in [2.75, 3.05) is 6.16 Å². The van der Waals surface area contributed by atoms with Crippen LogP contribution in [-0.2, 0) is 4.57 Å². The lowest BCUT2D eigenvalue weighted by molar-refractivity contribution is 0.588. The number of allylic oxidation sites excluding steroid dienone is 1. The predicted molar refractivity (Wildman–Crippen MR) is 112 cm³/mol. The molecule has 3 rings (SSSR count). The molecule has 0 saturated carbocycles. The fourth-order valence-corrected chi connectivity index (χ4v) is 5.36. The maximum atomic E-state index is 14.0. The van der Waals surface area contributed by atoms with Gasteiger partial charge in [0.05, 0.1) is 0 Å². The Kier molecular flexibility index (Phi) is 5.57. The number of benzene rings is 3. The molecule has 128 valence electrons. The molecule has 3 aromatic rings. The first-order valence-electron chi connectivity index (χ1n) is 8.55. The molecule has 0 amide bonds. The zero-order valence-corrected chi connectivity index (χ0v) is 15.7. The summed E-state index contributed by atoms with van der Waals surface area (Å²) >= 11 is 0. The van der Waals surface area contributed by atoms with Crippen LogP contribution in [0.5, 0.6) is 0 Å². The molecule has 0 aliphatic rings. The lowest BCUT2D eigenvalue weighted by Gasteiger charge is -2.19. The van der Waals surface area contributed by atoms with Gasteiger partial charge in [0.25, 0.3) is 0 Å². The third-order valence-electron chi connectivity index (χ3n) is 4.20. The van der Waals surface area contributed by atoms with Crippen molar-refractivity contribution in [2.24, 2.45) is 0 Å². The van der Waals surface area contributed by atoms with E-state index >= 15 is 0 Å². The Morgan fingerprint density at radius 1 is 0.846 bits per heavy atom. The molecular weight excluding hydrogens is 335 g/mol. The second-order valence-corrected chi connectivity index (χ2v) is 9.12. The maximum Gasteiger partial charge on any atom is 0.148 e. The zero-order chi connectivity index (χ0) is 18.4. The van der Waals surface area contributed by atoms with E-state index in [1.54, 1.807) is 0 Å². The fourth-order valence-electron chi connectivity index (χ4n) is 2.77. The molecule has 1 nitrogen and oxygen atoms in total. The van der Waals surface area contributed by atoms with E-state index in [-0.39, 0.29) is 0 Å². The molecule has 26 heavy (non-hydrogen) atoms. The Morgan fingerprint density at radius 2 is 1.35 bits per heavy atom. The highest BCUT2D eigenvalue weighted by atomic mass is 31.2. The van der Waals surface area contributed by atoms with Gasteiger partial charge in [-0.1, -0.05) is 96.8 Å². The van der Waals surface area contributed by atoms with Crippen LogP contribution in [0.25, 0.3) is 0 Å². The minimum Gasteiger partial charge on any atom is -0.313 e. The standard InChI is InChI=1S/C24H21OP/c1-20-13-16-22(17-14-20)18-15-21(2)19-26(25,23-9-5-3-6-10-23)24-11-7-4-8-12-24/h3-14,16-17H,2,19H2,1H3. The summed E-state index contributed by atoms with van der Waals surface area (Å²) in [5.74, 6) is 6.22. The molecule has 0 N–H and O–H groups in total. The van der Waals surface area contributed by atoms with Crippen LogP contribution >= 0.6 is 7.14 Å². The van der Waals surface area contributed by atoms with Crippen LogP contribution < -0.4 is 10.6 Å². The Labute approximate surface area is 155 Å². The van der Waals surface area contributed by atoms with E-state index in [2.05, 4.69) is 18.4 Å². The summed E-state index contributed by atoms with van der Waals surface area (Å²) in [4.78, 5) is 0. The SMILES string of the molecule is C=C(C#Cc1ccc(C)cc1)CP(=O)(c1ccccc1)c1ccccc1. The molecule has 0 bridgehead atoms. The highest BCUT2D eigenvalue weighted by Crippen LogP contribution is 2.44. The molecule has 0 aromatic heterocycles. The zero-order valence-electron chi connectivity index (χ0n) is 14.9. The van der Waals surface area contributed by atoms with Gasteiger partial charge in [0, 0.05) is 27.9 Å².